The van der Waals surface area contributed by atoms with Crippen LogP contribution in [0.1, 0.15) is 22.3 Å². The molecule has 1 saturated heterocycles. The first kappa shape index (κ1) is 13.5. The van der Waals surface area contributed by atoms with E-state index in [2.05, 4.69) is 0 Å². The lowest BCUT2D eigenvalue weighted by Gasteiger charge is -2.21. The average Bonchev–Trinajstić information content (AvgIpc) is 2.74. The third-order valence-corrected chi connectivity index (χ3v) is 3.23. The Kier molecular flexibility index (Phi) is 3.53. The highest BCUT2D eigenvalue weighted by atomic mass is 19.1. The van der Waals surface area contributed by atoms with Gasteiger partial charge in [-0.3, -0.25) is 4.79 Å². The number of halogens is 1. The molecule has 102 valence electrons. The van der Waals surface area contributed by atoms with Crippen molar-refractivity contribution in [3.63, 3.8) is 0 Å². The van der Waals surface area contributed by atoms with E-state index in [4.69, 9.17) is 5.11 Å². The fourth-order valence-corrected chi connectivity index (χ4v) is 2.22. The number of β-amino-alcohol motifs (C(OH)–C–C–N with tert-alkyl or cyclic N) is 1. The molecule has 0 saturated carbocycles. The van der Waals surface area contributed by atoms with Gasteiger partial charge in [0.05, 0.1) is 6.10 Å². The van der Waals surface area contributed by atoms with Crippen LogP contribution in [0.25, 0.3) is 0 Å². The average molecular weight is 267 g/mol. The summed E-state index contributed by atoms with van der Waals surface area (Å²) in [4.78, 5) is 24.4. The van der Waals surface area contributed by atoms with Gasteiger partial charge in [-0.2, -0.15) is 0 Å². The van der Waals surface area contributed by atoms with E-state index in [0.29, 0.717) is 5.56 Å². The molecular formula is C13H14FNO4. The van der Waals surface area contributed by atoms with E-state index in [1.165, 1.54) is 25.1 Å². The molecule has 0 radical (unpaired) electrons. The number of hydrogen-bond donors (Lipinski definition) is 2. The lowest BCUT2D eigenvalue weighted by atomic mass is 10.1. The molecule has 0 unspecified atom stereocenters. The zero-order valence-electron chi connectivity index (χ0n) is 10.3. The van der Waals surface area contributed by atoms with Gasteiger partial charge >= 0.3 is 5.97 Å². The molecule has 2 atom stereocenters. The van der Waals surface area contributed by atoms with Gasteiger partial charge in [-0.25, -0.2) is 9.18 Å². The molecule has 0 aliphatic carbocycles. The summed E-state index contributed by atoms with van der Waals surface area (Å²) in [7, 11) is 0. The van der Waals surface area contributed by atoms with Crippen molar-refractivity contribution in [3.8, 4) is 0 Å². The number of benzene rings is 1. The number of aliphatic hydroxyl groups excluding tert-OH is 1. The number of carboxylic acid groups (broad SMARTS) is 1. The zero-order chi connectivity index (χ0) is 14.2. The van der Waals surface area contributed by atoms with Crippen LogP contribution in [0.15, 0.2) is 18.2 Å². The van der Waals surface area contributed by atoms with Gasteiger partial charge in [-0.1, -0.05) is 0 Å². The van der Waals surface area contributed by atoms with Crippen LogP contribution >= 0.6 is 0 Å². The van der Waals surface area contributed by atoms with Gasteiger partial charge in [0.15, 0.2) is 0 Å². The fourth-order valence-electron chi connectivity index (χ4n) is 2.22. The highest BCUT2D eigenvalue weighted by Gasteiger charge is 2.39. The number of likely N-dealkylation sites (tertiary alicyclic amines) is 1. The standard InChI is InChI=1S/C13H14FNO4/c1-7-4-8(2-3-10(7)14)12(17)15-6-9(16)5-11(15)13(18)19/h2-4,9,11,16H,5-6H2,1H3,(H,18,19)/t9-,11+/m1/s1. The Morgan fingerprint density at radius 3 is 2.68 bits per heavy atom. The van der Waals surface area contributed by atoms with Crippen molar-refractivity contribution in [1.82, 2.24) is 4.90 Å². The summed E-state index contributed by atoms with van der Waals surface area (Å²) >= 11 is 0. The molecule has 2 rings (SSSR count). The van der Waals surface area contributed by atoms with Gasteiger partial charge in [0.1, 0.15) is 11.9 Å². The molecule has 2 N–H and O–H groups in total. The minimum Gasteiger partial charge on any atom is -0.480 e. The number of rotatable bonds is 2. The quantitative estimate of drug-likeness (QED) is 0.830. The van der Waals surface area contributed by atoms with Crippen LogP contribution in [0.2, 0.25) is 0 Å². The molecule has 1 aromatic rings. The lowest BCUT2D eigenvalue weighted by Crippen LogP contribution is -2.40. The second kappa shape index (κ2) is 4.97. The van der Waals surface area contributed by atoms with E-state index < -0.39 is 29.8 Å². The molecule has 1 amide bonds. The molecule has 0 aromatic heterocycles. The maximum absolute atomic E-state index is 13.1. The van der Waals surface area contributed by atoms with E-state index >= 15 is 0 Å². The van der Waals surface area contributed by atoms with Crippen molar-refractivity contribution in [2.45, 2.75) is 25.5 Å². The Morgan fingerprint density at radius 1 is 1.42 bits per heavy atom. The van der Waals surface area contributed by atoms with Crippen molar-refractivity contribution in [2.75, 3.05) is 6.54 Å². The second-order valence-electron chi connectivity index (χ2n) is 4.67. The van der Waals surface area contributed by atoms with E-state index in [0.717, 1.165) is 4.90 Å². The van der Waals surface area contributed by atoms with Gasteiger partial charge in [-0.05, 0) is 30.7 Å². The van der Waals surface area contributed by atoms with Crippen LogP contribution < -0.4 is 0 Å². The maximum atomic E-state index is 13.1. The third kappa shape index (κ3) is 2.58. The Bertz CT molecular complexity index is 531. The van der Waals surface area contributed by atoms with E-state index in [9.17, 15) is 19.1 Å². The predicted molar refractivity (Wildman–Crippen MR) is 64.2 cm³/mol. The first-order valence-corrected chi connectivity index (χ1v) is 5.88. The van der Waals surface area contributed by atoms with Gasteiger partial charge in [0.25, 0.3) is 5.91 Å². The van der Waals surface area contributed by atoms with Crippen LogP contribution in [0.5, 0.6) is 0 Å². The Balaban J connectivity index is 2.27. The van der Waals surface area contributed by atoms with Crippen molar-refractivity contribution in [1.29, 1.82) is 0 Å². The van der Waals surface area contributed by atoms with Crippen LogP contribution in [-0.4, -0.2) is 45.7 Å². The molecule has 19 heavy (non-hydrogen) atoms. The molecule has 0 spiro atoms. The summed E-state index contributed by atoms with van der Waals surface area (Å²) in [6.07, 6.45) is -0.826. The predicted octanol–water partition coefficient (Wildman–Crippen LogP) is 0.794. The van der Waals surface area contributed by atoms with Crippen LogP contribution in [0.4, 0.5) is 4.39 Å². The topological polar surface area (TPSA) is 77.8 Å². The number of carbonyl (C=O) groups excluding carboxylic acids is 1. The highest BCUT2D eigenvalue weighted by molar-refractivity contribution is 5.97. The van der Waals surface area contributed by atoms with Crippen molar-refractivity contribution < 1.29 is 24.2 Å². The van der Waals surface area contributed by atoms with Gasteiger partial charge < -0.3 is 15.1 Å². The molecule has 1 fully saturated rings. The number of amides is 1. The summed E-state index contributed by atoms with van der Waals surface area (Å²) in [5.74, 6) is -2.08. The van der Waals surface area contributed by atoms with Crippen LogP contribution in [-0.2, 0) is 4.79 Å². The molecule has 5 nitrogen and oxygen atoms in total. The minimum atomic E-state index is -1.15. The van der Waals surface area contributed by atoms with Crippen LogP contribution in [0, 0.1) is 12.7 Å². The number of nitrogens with zero attached hydrogens (tertiary/aromatic N) is 1. The third-order valence-electron chi connectivity index (χ3n) is 3.23. The smallest absolute Gasteiger partial charge is 0.326 e. The number of aliphatic carboxylic acids is 1. The van der Waals surface area contributed by atoms with Crippen molar-refractivity contribution in [2.24, 2.45) is 0 Å². The van der Waals surface area contributed by atoms with Gasteiger partial charge in [-0.15, -0.1) is 0 Å². The maximum Gasteiger partial charge on any atom is 0.326 e. The number of hydrogen-bond acceptors (Lipinski definition) is 3. The summed E-state index contributed by atoms with van der Waals surface area (Å²) in [6.45, 7) is 1.51. The fraction of sp³-hybridized carbons (Fsp3) is 0.385. The summed E-state index contributed by atoms with van der Waals surface area (Å²) < 4.78 is 13.1. The normalized spacial score (nSPS) is 22.6. The number of aliphatic hydroxyl groups is 1. The van der Waals surface area contributed by atoms with Crippen molar-refractivity contribution >= 4 is 11.9 Å². The summed E-state index contributed by atoms with van der Waals surface area (Å²) in [6, 6.07) is 2.83. The number of carbonyl (C=O) groups is 2. The van der Waals surface area contributed by atoms with E-state index in [1.807, 2.05) is 0 Å². The first-order valence-electron chi connectivity index (χ1n) is 5.88. The molecule has 1 aliphatic heterocycles. The van der Waals surface area contributed by atoms with Gasteiger partial charge in [0.2, 0.25) is 0 Å². The Morgan fingerprint density at radius 2 is 2.11 bits per heavy atom. The van der Waals surface area contributed by atoms with E-state index in [1.54, 1.807) is 0 Å². The molecule has 1 aliphatic rings. The largest absolute Gasteiger partial charge is 0.480 e. The summed E-state index contributed by atoms with van der Waals surface area (Å²) in [5.41, 5.74) is 0.539. The molecule has 1 aromatic carbocycles. The lowest BCUT2D eigenvalue weighted by molar-refractivity contribution is -0.141. The molecular weight excluding hydrogens is 253 g/mol. The SMILES string of the molecule is Cc1cc(C(=O)N2C[C@H](O)C[C@H]2C(=O)O)ccc1F. The first-order chi connectivity index (χ1) is 8.90. The number of carboxylic acids is 1. The van der Waals surface area contributed by atoms with Gasteiger partial charge in [0, 0.05) is 18.5 Å². The molecule has 1 heterocycles. The molecule has 0 bridgehead atoms. The zero-order valence-corrected chi connectivity index (χ0v) is 10.3. The minimum absolute atomic E-state index is 0.0151. The Labute approximate surface area is 109 Å². The second-order valence-corrected chi connectivity index (χ2v) is 4.67. The molecule has 6 heteroatoms. The summed E-state index contributed by atoms with van der Waals surface area (Å²) in [5, 5.41) is 18.5. The Hall–Kier alpha value is -1.95. The number of aryl methyl sites for hydroxylation is 1. The monoisotopic (exact) mass is 267 g/mol. The highest BCUT2D eigenvalue weighted by Crippen LogP contribution is 2.21. The van der Waals surface area contributed by atoms with E-state index in [-0.39, 0.29) is 18.5 Å². The van der Waals surface area contributed by atoms with Crippen LogP contribution in [0.3, 0.4) is 0 Å². The van der Waals surface area contributed by atoms with Crippen molar-refractivity contribution in [3.05, 3.63) is 35.1 Å².